The van der Waals surface area contributed by atoms with Gasteiger partial charge in [0.05, 0.1) is 6.10 Å². The van der Waals surface area contributed by atoms with Gasteiger partial charge in [0.15, 0.2) is 0 Å². The molecule has 29 heavy (non-hydrogen) atoms. The molecule has 3 unspecified atom stereocenters. The third-order valence-electron chi connectivity index (χ3n) is 8.52. The largest absolute Gasteiger partial charge is 0.388 e. The van der Waals surface area contributed by atoms with Crippen molar-refractivity contribution in [2.45, 2.75) is 77.2 Å². The predicted molar refractivity (Wildman–Crippen MR) is 114 cm³/mol. The molecular weight excluding hydrogens is 368 g/mol. The lowest BCUT2D eigenvalue weighted by atomic mass is 9.63. The Morgan fingerprint density at radius 2 is 2.00 bits per heavy atom. The maximum absolute atomic E-state index is 12.7. The monoisotopic (exact) mass is 405 g/mol. The molecule has 0 aromatic heterocycles. The third-order valence-corrected chi connectivity index (χ3v) is 8.52. The first-order valence-electron chi connectivity index (χ1n) is 11.6. The minimum atomic E-state index is -2.15. The number of hydrogen-bond acceptors (Lipinski definition) is 2. The average Bonchev–Trinajstić information content (AvgIpc) is 2.98. The van der Waals surface area contributed by atoms with E-state index in [1.807, 2.05) is 0 Å². The summed E-state index contributed by atoms with van der Waals surface area (Å²) < 4.78 is 25.4. The van der Waals surface area contributed by atoms with E-state index >= 15 is 0 Å². The predicted octanol–water partition coefficient (Wildman–Crippen LogP) is 5.74. The highest BCUT2D eigenvalue weighted by Gasteiger charge is 2.49. The summed E-state index contributed by atoms with van der Waals surface area (Å²) in [5.41, 5.74) is 4.30. The molecule has 4 rings (SSSR count). The van der Waals surface area contributed by atoms with Gasteiger partial charge >= 0.3 is 0 Å². The van der Waals surface area contributed by atoms with Crippen LogP contribution in [0.4, 0.5) is 8.78 Å². The molecule has 1 heterocycles. The lowest BCUT2D eigenvalue weighted by Gasteiger charge is -2.44. The second-order valence-electron chi connectivity index (χ2n) is 10.3. The molecule has 162 valence electrons. The summed E-state index contributed by atoms with van der Waals surface area (Å²) in [6.45, 7) is 8.60. The topological polar surface area (TPSA) is 23.5 Å². The van der Waals surface area contributed by atoms with Crippen LogP contribution in [0.2, 0.25) is 0 Å². The zero-order chi connectivity index (χ0) is 20.6. The Morgan fingerprint density at radius 3 is 2.72 bits per heavy atom. The molecule has 0 bridgehead atoms. The summed E-state index contributed by atoms with van der Waals surface area (Å²) in [6, 6.07) is 0. The molecule has 0 amide bonds. The van der Waals surface area contributed by atoms with Gasteiger partial charge in [0, 0.05) is 19.0 Å². The number of aliphatic hydroxyl groups excluding tert-OH is 1. The van der Waals surface area contributed by atoms with E-state index in [1.54, 1.807) is 5.57 Å². The molecule has 1 aliphatic heterocycles. The van der Waals surface area contributed by atoms with Gasteiger partial charge < -0.3 is 10.0 Å². The van der Waals surface area contributed by atoms with Gasteiger partial charge in [-0.15, -0.1) is 0 Å². The molecule has 4 heteroatoms. The fraction of sp³-hybridized carbons (Fsp3) is 0.760. The molecule has 0 aromatic carbocycles. The van der Waals surface area contributed by atoms with Crippen LogP contribution in [0, 0.1) is 23.2 Å². The number of nitrogens with zero attached hydrogens (tertiary/aromatic N) is 1. The van der Waals surface area contributed by atoms with E-state index < -0.39 is 12.3 Å². The number of allylic oxidation sites excluding steroid dienone is 3. The second kappa shape index (κ2) is 8.63. The van der Waals surface area contributed by atoms with Gasteiger partial charge in [-0.1, -0.05) is 36.8 Å². The Bertz CT molecular complexity index is 678. The van der Waals surface area contributed by atoms with E-state index in [0.717, 1.165) is 37.8 Å². The molecule has 3 saturated carbocycles. The first kappa shape index (κ1) is 21.2. The van der Waals surface area contributed by atoms with Crippen LogP contribution in [0.25, 0.3) is 0 Å². The maximum Gasteiger partial charge on any atom is 0.243 e. The Hall–Kier alpha value is -1.00. The van der Waals surface area contributed by atoms with Crippen LogP contribution in [0.3, 0.4) is 0 Å². The van der Waals surface area contributed by atoms with Crippen LogP contribution in [-0.4, -0.2) is 42.2 Å². The highest BCUT2D eigenvalue weighted by Crippen LogP contribution is 2.58. The van der Waals surface area contributed by atoms with Gasteiger partial charge in [0.25, 0.3) is 0 Å². The molecular formula is C25H37F2NO. The number of aliphatic hydroxyl groups is 1. The summed E-state index contributed by atoms with van der Waals surface area (Å²) in [7, 11) is 0. The number of likely N-dealkylation sites (tertiary alicyclic amines) is 1. The minimum Gasteiger partial charge on any atom is -0.388 e. The van der Waals surface area contributed by atoms with E-state index in [4.69, 9.17) is 0 Å². The van der Waals surface area contributed by atoms with Crippen molar-refractivity contribution in [2.24, 2.45) is 23.2 Å². The van der Waals surface area contributed by atoms with Gasteiger partial charge in [0.1, 0.15) is 0 Å². The standard InChI is InChI=1S/C25H37F2NO/c1-17-5-6-18(14-23(17)29)7-8-19-4-3-12-25(2)21(9-10-22(19)25)11-13-28-15-20(16-28)24(26)27/h7-8,20-24,29H,1,3-6,9-16H2,2H3/b18-7-,19-8+/t21-,22?,23?,25?/m1/s1. The number of fused-ring (bicyclic) bond motifs is 1. The lowest BCUT2D eigenvalue weighted by Crippen LogP contribution is -2.50. The number of hydrogen-bond donors (Lipinski definition) is 1. The van der Waals surface area contributed by atoms with Crippen LogP contribution in [-0.2, 0) is 0 Å². The fourth-order valence-corrected chi connectivity index (χ4v) is 6.47. The fourth-order valence-electron chi connectivity index (χ4n) is 6.47. The van der Waals surface area contributed by atoms with E-state index in [-0.39, 0.29) is 6.10 Å². The molecule has 4 atom stereocenters. The molecule has 1 saturated heterocycles. The first-order valence-corrected chi connectivity index (χ1v) is 11.6. The van der Waals surface area contributed by atoms with Gasteiger partial charge in [-0.25, -0.2) is 8.78 Å². The van der Waals surface area contributed by atoms with Gasteiger partial charge in [-0.3, -0.25) is 0 Å². The quantitative estimate of drug-likeness (QED) is 0.589. The number of rotatable bonds is 5. The molecule has 2 nitrogen and oxygen atoms in total. The second-order valence-corrected chi connectivity index (χ2v) is 10.3. The summed E-state index contributed by atoms with van der Waals surface area (Å²) >= 11 is 0. The molecule has 0 spiro atoms. The lowest BCUT2D eigenvalue weighted by molar-refractivity contribution is -0.0286. The first-order chi connectivity index (χ1) is 13.9. The van der Waals surface area contributed by atoms with Crippen molar-refractivity contribution >= 4 is 0 Å². The molecule has 1 N–H and O–H groups in total. The molecule has 4 fully saturated rings. The van der Waals surface area contributed by atoms with Crippen molar-refractivity contribution in [1.29, 1.82) is 0 Å². The summed E-state index contributed by atoms with van der Waals surface area (Å²) in [5, 5.41) is 10.1. The Morgan fingerprint density at radius 1 is 1.21 bits per heavy atom. The normalized spacial score (nSPS) is 39.3. The Kier molecular flexibility index (Phi) is 6.32. The molecule has 3 aliphatic carbocycles. The summed E-state index contributed by atoms with van der Waals surface area (Å²) in [6.07, 6.45) is 12.3. The smallest absolute Gasteiger partial charge is 0.243 e. The van der Waals surface area contributed by atoms with E-state index in [0.29, 0.717) is 30.3 Å². The van der Waals surface area contributed by atoms with Crippen LogP contribution in [0.15, 0.2) is 35.5 Å². The van der Waals surface area contributed by atoms with E-state index in [2.05, 4.69) is 30.6 Å². The van der Waals surface area contributed by atoms with Gasteiger partial charge in [0.2, 0.25) is 6.43 Å². The van der Waals surface area contributed by atoms with Gasteiger partial charge in [-0.05, 0) is 87.2 Å². The zero-order valence-electron chi connectivity index (χ0n) is 17.9. The number of alkyl halides is 2. The van der Waals surface area contributed by atoms with E-state index in [1.165, 1.54) is 37.7 Å². The van der Waals surface area contributed by atoms with Crippen LogP contribution < -0.4 is 0 Å². The van der Waals surface area contributed by atoms with E-state index in [9.17, 15) is 13.9 Å². The summed E-state index contributed by atoms with van der Waals surface area (Å²) in [5.74, 6) is 0.996. The summed E-state index contributed by atoms with van der Waals surface area (Å²) in [4.78, 5) is 2.22. The zero-order valence-corrected chi connectivity index (χ0v) is 17.9. The van der Waals surface area contributed by atoms with Crippen LogP contribution >= 0.6 is 0 Å². The molecule has 4 aliphatic rings. The average molecular weight is 406 g/mol. The van der Waals surface area contributed by atoms with Crippen LogP contribution in [0.1, 0.15) is 64.7 Å². The molecule has 0 aromatic rings. The highest BCUT2D eigenvalue weighted by atomic mass is 19.3. The Labute approximate surface area is 174 Å². The highest BCUT2D eigenvalue weighted by molar-refractivity contribution is 5.27. The van der Waals surface area contributed by atoms with Crippen molar-refractivity contribution in [1.82, 2.24) is 4.90 Å². The third kappa shape index (κ3) is 4.39. The van der Waals surface area contributed by atoms with Crippen LogP contribution in [0.5, 0.6) is 0 Å². The van der Waals surface area contributed by atoms with Crippen molar-refractivity contribution in [2.75, 3.05) is 19.6 Å². The maximum atomic E-state index is 12.7. The SMILES string of the molecule is C=C1CC/C(=C/C=C2\CCCC3(C)C2CC[C@@H]3CCN2CC(C(F)F)C2)CC1O. The van der Waals surface area contributed by atoms with Gasteiger partial charge in [-0.2, -0.15) is 0 Å². The van der Waals surface area contributed by atoms with Crippen molar-refractivity contribution in [3.05, 3.63) is 35.5 Å². The van der Waals surface area contributed by atoms with Crippen molar-refractivity contribution in [3.63, 3.8) is 0 Å². The van der Waals surface area contributed by atoms with Crippen molar-refractivity contribution in [3.8, 4) is 0 Å². The Balaban J connectivity index is 1.36. The molecule has 0 radical (unpaired) electrons. The van der Waals surface area contributed by atoms with Crippen molar-refractivity contribution < 1.29 is 13.9 Å². The minimum absolute atomic E-state index is 0.368. The number of halogens is 2.